The fourth-order valence-corrected chi connectivity index (χ4v) is 4.15. The number of nitrogens with zero attached hydrogens (tertiary/aromatic N) is 2. The summed E-state index contributed by atoms with van der Waals surface area (Å²) in [4.78, 5) is 13.4. The van der Waals surface area contributed by atoms with Crippen molar-refractivity contribution < 1.29 is 17.6 Å². The molecule has 0 atom stereocenters. The molecule has 0 saturated carbocycles. The van der Waals surface area contributed by atoms with Gasteiger partial charge in [-0.2, -0.15) is 12.7 Å². The Labute approximate surface area is 163 Å². The summed E-state index contributed by atoms with van der Waals surface area (Å²) in [6.45, 7) is 1.44. The highest BCUT2D eigenvalue weighted by Gasteiger charge is 2.29. The number of anilines is 2. The SMILES string of the molecule is CCSc1ccccc1NC(=O)CN(c1ccccc1F)S(=O)(=O)N(C)C. The Balaban J connectivity index is 2.31. The lowest BCUT2D eigenvalue weighted by molar-refractivity contribution is -0.114. The minimum Gasteiger partial charge on any atom is -0.323 e. The number of thioether (sulfide) groups is 1. The van der Waals surface area contributed by atoms with E-state index in [1.54, 1.807) is 23.9 Å². The average Bonchev–Trinajstić information content (AvgIpc) is 2.62. The predicted octanol–water partition coefficient (Wildman–Crippen LogP) is 3.19. The van der Waals surface area contributed by atoms with Gasteiger partial charge in [-0.05, 0) is 30.0 Å². The molecule has 0 spiro atoms. The topological polar surface area (TPSA) is 69.7 Å². The van der Waals surface area contributed by atoms with Crippen molar-refractivity contribution in [1.29, 1.82) is 0 Å². The Morgan fingerprint density at radius 3 is 2.37 bits per heavy atom. The van der Waals surface area contributed by atoms with Crippen molar-refractivity contribution in [2.45, 2.75) is 11.8 Å². The molecule has 0 saturated heterocycles. The van der Waals surface area contributed by atoms with E-state index in [1.807, 2.05) is 19.1 Å². The molecular weight excluding hydrogens is 389 g/mol. The summed E-state index contributed by atoms with van der Waals surface area (Å²) in [5.74, 6) is -0.464. The Morgan fingerprint density at radius 1 is 1.11 bits per heavy atom. The fourth-order valence-electron chi connectivity index (χ4n) is 2.31. The molecule has 1 N–H and O–H groups in total. The van der Waals surface area contributed by atoms with Crippen molar-refractivity contribution in [1.82, 2.24) is 4.31 Å². The molecule has 0 radical (unpaired) electrons. The van der Waals surface area contributed by atoms with Gasteiger partial charge in [-0.1, -0.05) is 31.2 Å². The van der Waals surface area contributed by atoms with Crippen LogP contribution < -0.4 is 9.62 Å². The van der Waals surface area contributed by atoms with Crippen molar-refractivity contribution >= 4 is 39.3 Å². The number of rotatable bonds is 8. The maximum atomic E-state index is 14.2. The highest BCUT2D eigenvalue weighted by molar-refractivity contribution is 7.99. The zero-order valence-electron chi connectivity index (χ0n) is 15.3. The Hall–Kier alpha value is -2.10. The van der Waals surface area contributed by atoms with Crippen LogP contribution in [0.3, 0.4) is 0 Å². The van der Waals surface area contributed by atoms with E-state index in [9.17, 15) is 17.6 Å². The molecule has 9 heteroatoms. The van der Waals surface area contributed by atoms with Gasteiger partial charge >= 0.3 is 10.2 Å². The quantitative estimate of drug-likeness (QED) is 0.678. The largest absolute Gasteiger partial charge is 0.323 e. The summed E-state index contributed by atoms with van der Waals surface area (Å²) in [6, 6.07) is 12.7. The first-order valence-corrected chi connectivity index (χ1v) is 10.6. The van der Waals surface area contributed by atoms with Crippen LogP contribution in [0.4, 0.5) is 15.8 Å². The smallest absolute Gasteiger partial charge is 0.304 e. The third-order valence-electron chi connectivity index (χ3n) is 3.61. The van der Waals surface area contributed by atoms with Crippen LogP contribution in [-0.4, -0.2) is 45.0 Å². The van der Waals surface area contributed by atoms with Gasteiger partial charge < -0.3 is 5.32 Å². The molecule has 2 aromatic rings. The van der Waals surface area contributed by atoms with Crippen LogP contribution in [-0.2, 0) is 15.0 Å². The molecule has 2 rings (SSSR count). The first kappa shape index (κ1) is 21.2. The molecule has 0 heterocycles. The summed E-state index contributed by atoms with van der Waals surface area (Å²) >= 11 is 1.56. The molecule has 0 aliphatic rings. The van der Waals surface area contributed by atoms with Crippen molar-refractivity contribution in [2.75, 3.05) is 36.0 Å². The minimum absolute atomic E-state index is 0.183. The second-order valence-electron chi connectivity index (χ2n) is 5.73. The lowest BCUT2D eigenvalue weighted by Crippen LogP contribution is -2.44. The number of hydrogen-bond acceptors (Lipinski definition) is 4. The van der Waals surface area contributed by atoms with Gasteiger partial charge in [-0.25, -0.2) is 8.70 Å². The summed E-state index contributed by atoms with van der Waals surface area (Å²) in [5.41, 5.74) is 0.405. The molecule has 2 aromatic carbocycles. The summed E-state index contributed by atoms with van der Waals surface area (Å²) < 4.78 is 41.2. The van der Waals surface area contributed by atoms with Gasteiger partial charge in [0.15, 0.2) is 0 Å². The number of benzene rings is 2. The predicted molar refractivity (Wildman–Crippen MR) is 108 cm³/mol. The molecule has 6 nitrogen and oxygen atoms in total. The highest BCUT2D eigenvalue weighted by Crippen LogP contribution is 2.27. The molecule has 0 aliphatic heterocycles. The molecule has 1 amide bonds. The molecule has 0 aliphatic carbocycles. The molecule has 146 valence electrons. The maximum Gasteiger partial charge on any atom is 0.304 e. The van der Waals surface area contributed by atoms with E-state index >= 15 is 0 Å². The molecule has 0 bridgehead atoms. The lowest BCUT2D eigenvalue weighted by Gasteiger charge is -2.27. The van der Waals surface area contributed by atoms with Crippen molar-refractivity contribution in [3.63, 3.8) is 0 Å². The van der Waals surface area contributed by atoms with Gasteiger partial charge in [0.05, 0.1) is 11.4 Å². The van der Waals surface area contributed by atoms with Gasteiger partial charge in [-0.15, -0.1) is 11.8 Å². The molecule has 0 unspecified atom stereocenters. The third kappa shape index (κ3) is 5.21. The zero-order valence-corrected chi connectivity index (χ0v) is 17.0. The van der Waals surface area contributed by atoms with Crippen molar-refractivity contribution in [3.8, 4) is 0 Å². The van der Waals surface area contributed by atoms with Gasteiger partial charge in [-0.3, -0.25) is 4.79 Å². The van der Waals surface area contributed by atoms with E-state index in [2.05, 4.69) is 5.32 Å². The number of carbonyl (C=O) groups is 1. The van der Waals surface area contributed by atoms with Crippen LogP contribution in [0.1, 0.15) is 6.92 Å². The Bertz CT molecular complexity index is 904. The lowest BCUT2D eigenvalue weighted by atomic mass is 10.3. The van der Waals surface area contributed by atoms with Gasteiger partial charge in [0.1, 0.15) is 12.4 Å². The van der Waals surface area contributed by atoms with Crippen LogP contribution in [0.25, 0.3) is 0 Å². The normalized spacial score (nSPS) is 11.4. The maximum absolute atomic E-state index is 14.2. The molecular formula is C18H22FN3O3S2. The van der Waals surface area contributed by atoms with E-state index in [-0.39, 0.29) is 5.69 Å². The fraction of sp³-hybridized carbons (Fsp3) is 0.278. The first-order valence-electron chi connectivity index (χ1n) is 8.23. The standard InChI is InChI=1S/C18H22FN3O3S2/c1-4-26-17-12-8-6-10-15(17)20-18(23)13-22(27(24,25)21(2)3)16-11-7-5-9-14(16)19/h5-12H,4,13H2,1-3H3,(H,20,23). The van der Waals surface area contributed by atoms with Crippen LogP contribution in [0, 0.1) is 5.82 Å². The van der Waals surface area contributed by atoms with Gasteiger partial charge in [0.25, 0.3) is 0 Å². The Kier molecular flexibility index (Phi) is 7.23. The van der Waals surface area contributed by atoms with Crippen molar-refractivity contribution in [2.24, 2.45) is 0 Å². The van der Waals surface area contributed by atoms with Crippen LogP contribution in [0.2, 0.25) is 0 Å². The van der Waals surface area contributed by atoms with E-state index in [4.69, 9.17) is 0 Å². The molecule has 0 fully saturated rings. The number of hydrogen-bond donors (Lipinski definition) is 1. The number of para-hydroxylation sites is 2. The zero-order chi connectivity index (χ0) is 20.0. The highest BCUT2D eigenvalue weighted by atomic mass is 32.2. The monoisotopic (exact) mass is 411 g/mol. The summed E-state index contributed by atoms with van der Waals surface area (Å²) in [5, 5.41) is 2.72. The second-order valence-corrected chi connectivity index (χ2v) is 9.10. The van der Waals surface area contributed by atoms with Crippen LogP contribution in [0.15, 0.2) is 53.4 Å². The van der Waals surface area contributed by atoms with Gasteiger partial charge in [0.2, 0.25) is 5.91 Å². The van der Waals surface area contributed by atoms with E-state index < -0.39 is 28.5 Å². The minimum atomic E-state index is -4.06. The second kappa shape index (κ2) is 9.20. The van der Waals surface area contributed by atoms with E-state index in [1.165, 1.54) is 32.3 Å². The van der Waals surface area contributed by atoms with Gasteiger partial charge in [0, 0.05) is 19.0 Å². The number of carbonyl (C=O) groups excluding carboxylic acids is 1. The van der Waals surface area contributed by atoms with E-state index in [0.29, 0.717) is 5.69 Å². The van der Waals surface area contributed by atoms with E-state index in [0.717, 1.165) is 25.3 Å². The average molecular weight is 412 g/mol. The third-order valence-corrected chi connectivity index (χ3v) is 6.37. The Morgan fingerprint density at radius 2 is 1.74 bits per heavy atom. The van der Waals surface area contributed by atoms with Crippen molar-refractivity contribution in [3.05, 3.63) is 54.3 Å². The molecule has 0 aromatic heterocycles. The molecule has 27 heavy (non-hydrogen) atoms. The number of nitrogens with one attached hydrogen (secondary N) is 1. The first-order chi connectivity index (χ1) is 12.8. The summed E-state index contributed by atoms with van der Waals surface area (Å²) in [7, 11) is -1.41. The van der Waals surface area contributed by atoms with Crippen LogP contribution >= 0.6 is 11.8 Å². The number of halogens is 1. The summed E-state index contributed by atoms with van der Waals surface area (Å²) in [6.07, 6.45) is 0. The van der Waals surface area contributed by atoms with Crippen LogP contribution in [0.5, 0.6) is 0 Å². The number of amides is 1.